The molecule has 4 heteroatoms. The first kappa shape index (κ1) is 18.9. The van der Waals surface area contributed by atoms with E-state index in [9.17, 15) is 4.79 Å². The summed E-state index contributed by atoms with van der Waals surface area (Å²) in [6.07, 6.45) is 0. The molecule has 0 fully saturated rings. The van der Waals surface area contributed by atoms with E-state index in [1.54, 1.807) is 6.92 Å². The lowest BCUT2D eigenvalue weighted by atomic mass is 9.84. The van der Waals surface area contributed by atoms with E-state index in [1.807, 2.05) is 54.6 Å². The zero-order chi connectivity index (χ0) is 19.1. The van der Waals surface area contributed by atoms with Crippen molar-refractivity contribution in [1.82, 2.24) is 0 Å². The van der Waals surface area contributed by atoms with Gasteiger partial charge in [-0.25, -0.2) is 9.19 Å². The third-order valence-electron chi connectivity index (χ3n) is 4.34. The van der Waals surface area contributed by atoms with Crippen LogP contribution < -0.4 is 0 Å². The summed E-state index contributed by atoms with van der Waals surface area (Å²) >= 11 is 1.37. The minimum atomic E-state index is -0.584. The molecule has 0 saturated carbocycles. The number of benzene rings is 3. The zero-order valence-electron chi connectivity index (χ0n) is 15.3. The Hall–Kier alpha value is -2.85. The third-order valence-corrected chi connectivity index (χ3v) is 5.69. The molecule has 3 rings (SSSR count). The summed E-state index contributed by atoms with van der Waals surface area (Å²) in [5, 5.41) is 0. The summed E-state index contributed by atoms with van der Waals surface area (Å²) in [5.74, 6) is -0.425. The van der Waals surface area contributed by atoms with Crippen molar-refractivity contribution in [1.29, 1.82) is 0 Å². The van der Waals surface area contributed by atoms with E-state index < -0.39 is 10.7 Å². The summed E-state index contributed by atoms with van der Waals surface area (Å²) in [6.45, 7) is 1.67. The highest BCUT2D eigenvalue weighted by Crippen LogP contribution is 2.48. The summed E-state index contributed by atoms with van der Waals surface area (Å²) in [7, 11) is 1.37. The van der Waals surface area contributed by atoms with Crippen LogP contribution in [0.3, 0.4) is 0 Å². The lowest BCUT2D eigenvalue weighted by Crippen LogP contribution is -2.25. The molecule has 0 aliphatic heterocycles. The molecule has 27 heavy (non-hydrogen) atoms. The molecule has 0 unspecified atom stereocenters. The quantitative estimate of drug-likeness (QED) is 0.255. The van der Waals surface area contributed by atoms with Crippen molar-refractivity contribution in [2.75, 3.05) is 7.11 Å². The minimum Gasteiger partial charge on any atom is -0.465 e. The van der Waals surface area contributed by atoms with Crippen LogP contribution in [-0.4, -0.2) is 18.8 Å². The summed E-state index contributed by atoms with van der Waals surface area (Å²) < 4.78 is 8.78. The van der Waals surface area contributed by atoms with Crippen molar-refractivity contribution in [2.45, 2.75) is 11.7 Å². The summed E-state index contributed by atoms with van der Waals surface area (Å²) in [6, 6.07) is 30.7. The Morgan fingerprint density at radius 3 is 1.48 bits per heavy atom. The lowest BCUT2D eigenvalue weighted by molar-refractivity contribution is -0.132. The molecular formula is C23H21NO2S. The van der Waals surface area contributed by atoms with Gasteiger partial charge in [-0.1, -0.05) is 91.0 Å². The Bertz CT molecular complexity index is 812. The van der Waals surface area contributed by atoms with Gasteiger partial charge in [0.1, 0.15) is 10.5 Å². The second-order valence-electron chi connectivity index (χ2n) is 6.04. The molecule has 0 aliphatic carbocycles. The Kier molecular flexibility index (Phi) is 6.09. The molecule has 0 aromatic heterocycles. The fourth-order valence-corrected chi connectivity index (χ4v) is 4.07. The van der Waals surface area contributed by atoms with Gasteiger partial charge in [-0.2, -0.15) is 0 Å². The molecule has 0 amide bonds. The number of rotatable bonds is 6. The molecule has 0 heterocycles. The first-order valence-corrected chi connectivity index (χ1v) is 9.43. The average molecular weight is 375 g/mol. The maximum atomic E-state index is 11.9. The molecule has 0 radical (unpaired) electrons. The van der Waals surface area contributed by atoms with Crippen molar-refractivity contribution in [3.63, 3.8) is 0 Å². The largest absolute Gasteiger partial charge is 0.465 e. The molecule has 0 N–H and O–H groups in total. The third kappa shape index (κ3) is 3.96. The van der Waals surface area contributed by atoms with E-state index in [4.69, 9.17) is 4.74 Å². The molecule has 136 valence electrons. The molecule has 3 nitrogen and oxygen atoms in total. The Labute approximate surface area is 164 Å². The average Bonchev–Trinajstić information content (AvgIpc) is 2.75. The van der Waals surface area contributed by atoms with E-state index in [1.165, 1.54) is 19.1 Å². The van der Waals surface area contributed by atoms with Crippen LogP contribution in [0.5, 0.6) is 0 Å². The number of carbonyl (C=O) groups excluding carboxylic acids is 1. The fourth-order valence-electron chi connectivity index (χ4n) is 3.00. The normalized spacial score (nSPS) is 11.9. The highest BCUT2D eigenvalue weighted by atomic mass is 32.2. The zero-order valence-corrected chi connectivity index (χ0v) is 16.1. The van der Waals surface area contributed by atoms with Gasteiger partial charge >= 0.3 is 5.97 Å². The van der Waals surface area contributed by atoms with Gasteiger partial charge in [-0.05, 0) is 35.6 Å². The van der Waals surface area contributed by atoms with Crippen LogP contribution in [0, 0.1) is 0 Å². The van der Waals surface area contributed by atoms with Crippen LogP contribution in [-0.2, 0) is 14.3 Å². The van der Waals surface area contributed by atoms with Gasteiger partial charge in [0, 0.05) is 0 Å². The molecule has 0 aliphatic rings. The van der Waals surface area contributed by atoms with Crippen LogP contribution in [0.25, 0.3) is 0 Å². The Morgan fingerprint density at radius 1 is 0.778 bits per heavy atom. The van der Waals surface area contributed by atoms with Crippen LogP contribution in [0.1, 0.15) is 23.6 Å². The van der Waals surface area contributed by atoms with Crippen LogP contribution in [0.15, 0.2) is 95.4 Å². The number of carbonyl (C=O) groups is 1. The number of hydrogen-bond acceptors (Lipinski definition) is 4. The predicted molar refractivity (Wildman–Crippen MR) is 112 cm³/mol. The van der Waals surface area contributed by atoms with Crippen LogP contribution in [0.2, 0.25) is 0 Å². The van der Waals surface area contributed by atoms with E-state index >= 15 is 0 Å². The lowest BCUT2D eigenvalue weighted by Gasteiger charge is -2.33. The van der Waals surface area contributed by atoms with Crippen molar-refractivity contribution < 1.29 is 9.53 Å². The smallest absolute Gasteiger partial charge is 0.352 e. The van der Waals surface area contributed by atoms with E-state index in [0.717, 1.165) is 16.7 Å². The minimum absolute atomic E-state index is 0.328. The van der Waals surface area contributed by atoms with Crippen LogP contribution in [0.4, 0.5) is 0 Å². The highest BCUT2D eigenvalue weighted by Gasteiger charge is 2.37. The topological polar surface area (TPSA) is 38.7 Å². The standard InChI is InChI=1S/C23H21NO2S/c1-18(22(25)26-2)24-27-23(19-12-6-3-7-13-19,20-14-8-4-9-15-20)21-16-10-5-11-17-21/h3-17H,1-2H3/b24-18+. The second-order valence-corrected chi connectivity index (χ2v) is 7.02. The number of methoxy groups -OCH3 is 1. The van der Waals surface area contributed by atoms with Crippen molar-refractivity contribution in [2.24, 2.45) is 4.40 Å². The maximum absolute atomic E-state index is 11.9. The summed E-state index contributed by atoms with van der Waals surface area (Å²) in [4.78, 5) is 11.9. The van der Waals surface area contributed by atoms with Crippen molar-refractivity contribution in [3.8, 4) is 0 Å². The van der Waals surface area contributed by atoms with Gasteiger partial charge in [-0.3, -0.25) is 0 Å². The second kappa shape index (κ2) is 8.69. The van der Waals surface area contributed by atoms with E-state index in [-0.39, 0.29) is 0 Å². The molecule has 0 spiro atoms. The predicted octanol–water partition coefficient (Wildman–Crippen LogP) is 5.26. The van der Waals surface area contributed by atoms with Gasteiger partial charge in [0.2, 0.25) is 0 Å². The molecule has 0 bridgehead atoms. The Morgan fingerprint density at radius 2 is 1.15 bits per heavy atom. The number of nitrogens with zero attached hydrogens (tertiary/aromatic N) is 1. The fraction of sp³-hybridized carbons (Fsp3) is 0.130. The van der Waals surface area contributed by atoms with Crippen LogP contribution >= 0.6 is 11.9 Å². The molecule has 3 aromatic rings. The van der Waals surface area contributed by atoms with Crippen molar-refractivity contribution in [3.05, 3.63) is 108 Å². The monoisotopic (exact) mass is 375 g/mol. The number of esters is 1. The van der Waals surface area contributed by atoms with Gasteiger partial charge in [-0.15, -0.1) is 0 Å². The highest BCUT2D eigenvalue weighted by molar-refractivity contribution is 7.99. The van der Waals surface area contributed by atoms with Gasteiger partial charge in [0.15, 0.2) is 0 Å². The maximum Gasteiger partial charge on any atom is 0.352 e. The van der Waals surface area contributed by atoms with E-state index in [2.05, 4.69) is 40.8 Å². The molecular weight excluding hydrogens is 354 g/mol. The first-order valence-electron chi connectivity index (χ1n) is 8.66. The first-order chi connectivity index (χ1) is 13.2. The molecule has 0 atom stereocenters. The number of hydrogen-bond donors (Lipinski definition) is 0. The number of ether oxygens (including phenoxy) is 1. The Balaban J connectivity index is 2.24. The van der Waals surface area contributed by atoms with Gasteiger partial charge < -0.3 is 4.74 Å². The SMILES string of the molecule is COC(=O)/C(C)=N/SC(c1ccccc1)(c1ccccc1)c1ccccc1. The van der Waals surface area contributed by atoms with E-state index in [0.29, 0.717) is 5.71 Å². The van der Waals surface area contributed by atoms with Gasteiger partial charge in [0.05, 0.1) is 7.11 Å². The van der Waals surface area contributed by atoms with Gasteiger partial charge in [0.25, 0.3) is 0 Å². The molecule has 0 saturated heterocycles. The molecule has 3 aromatic carbocycles. The van der Waals surface area contributed by atoms with Crippen molar-refractivity contribution >= 4 is 23.6 Å². The summed E-state index contributed by atoms with van der Waals surface area (Å²) in [5.41, 5.74) is 3.60.